The largest absolute Gasteiger partial charge is 0.397 e. The molecule has 1 heterocycles. The van der Waals surface area contributed by atoms with E-state index in [-0.39, 0.29) is 17.5 Å². The number of halogens is 3. The molecule has 144 valence electrons. The standard InChI is InChI=1S/C19H21ClF2N4O/c1-24-18-9-12(17-6-10(21)4-5-25-17)13(8-16(18)23)19(27)26-11-2-3-15(22)14(20)7-11/h2-3,7-10,17,24-25H,4-6,23H2,1H3,(H,26,27). The topological polar surface area (TPSA) is 79.2 Å². The maximum atomic E-state index is 13.9. The highest BCUT2D eigenvalue weighted by molar-refractivity contribution is 6.31. The highest BCUT2D eigenvalue weighted by Gasteiger charge is 2.27. The molecule has 5 nitrogen and oxygen atoms in total. The van der Waals surface area contributed by atoms with Crippen LogP contribution in [0.15, 0.2) is 30.3 Å². The summed E-state index contributed by atoms with van der Waals surface area (Å²) in [6, 6.07) is 6.94. The Labute approximate surface area is 161 Å². The van der Waals surface area contributed by atoms with Crippen LogP contribution in [0.1, 0.15) is 34.8 Å². The van der Waals surface area contributed by atoms with Crippen molar-refractivity contribution in [2.75, 3.05) is 30.0 Å². The molecule has 1 saturated heterocycles. The third-order valence-corrected chi connectivity index (χ3v) is 4.92. The van der Waals surface area contributed by atoms with Crippen molar-refractivity contribution >= 4 is 34.6 Å². The quantitative estimate of drug-likeness (QED) is 0.588. The van der Waals surface area contributed by atoms with E-state index in [9.17, 15) is 13.6 Å². The number of hydrogen-bond donors (Lipinski definition) is 4. The third kappa shape index (κ3) is 4.31. The molecule has 27 heavy (non-hydrogen) atoms. The monoisotopic (exact) mass is 394 g/mol. The van der Waals surface area contributed by atoms with E-state index < -0.39 is 17.9 Å². The Balaban J connectivity index is 1.95. The second kappa shape index (κ2) is 8.10. The van der Waals surface area contributed by atoms with Gasteiger partial charge >= 0.3 is 0 Å². The number of piperidine rings is 1. The summed E-state index contributed by atoms with van der Waals surface area (Å²) in [6.45, 7) is 0.528. The molecule has 1 fully saturated rings. The summed E-state index contributed by atoms with van der Waals surface area (Å²) in [5, 5.41) is 8.83. The van der Waals surface area contributed by atoms with Gasteiger partial charge in [0.2, 0.25) is 0 Å². The Bertz CT molecular complexity index is 862. The van der Waals surface area contributed by atoms with Crippen LogP contribution >= 0.6 is 11.6 Å². The number of nitrogens with one attached hydrogen (secondary N) is 3. The molecule has 2 aromatic carbocycles. The number of hydrogen-bond acceptors (Lipinski definition) is 4. The van der Waals surface area contributed by atoms with E-state index in [1.54, 1.807) is 19.2 Å². The Morgan fingerprint density at radius 1 is 1.33 bits per heavy atom. The minimum absolute atomic E-state index is 0.0905. The Hall–Kier alpha value is -2.38. The van der Waals surface area contributed by atoms with Crippen molar-refractivity contribution in [1.29, 1.82) is 0 Å². The van der Waals surface area contributed by atoms with E-state index >= 15 is 0 Å². The van der Waals surface area contributed by atoms with Gasteiger partial charge in [0, 0.05) is 24.3 Å². The fourth-order valence-electron chi connectivity index (χ4n) is 3.21. The summed E-state index contributed by atoms with van der Waals surface area (Å²) in [5.41, 5.74) is 8.43. The maximum absolute atomic E-state index is 13.9. The zero-order valence-electron chi connectivity index (χ0n) is 14.8. The molecular formula is C19H21ClF2N4O. The average Bonchev–Trinajstić information content (AvgIpc) is 2.64. The van der Waals surface area contributed by atoms with Gasteiger partial charge in [0.05, 0.1) is 16.4 Å². The number of anilines is 3. The van der Waals surface area contributed by atoms with Crippen molar-refractivity contribution in [2.24, 2.45) is 0 Å². The molecule has 8 heteroatoms. The first kappa shape index (κ1) is 19.4. The van der Waals surface area contributed by atoms with Gasteiger partial charge in [-0.2, -0.15) is 0 Å². The summed E-state index contributed by atoms with van der Waals surface area (Å²) in [4.78, 5) is 12.9. The lowest BCUT2D eigenvalue weighted by molar-refractivity contribution is 0.102. The molecule has 5 N–H and O–H groups in total. The average molecular weight is 395 g/mol. The molecule has 1 aliphatic rings. The van der Waals surface area contributed by atoms with Crippen molar-refractivity contribution in [2.45, 2.75) is 25.1 Å². The van der Waals surface area contributed by atoms with Crippen molar-refractivity contribution in [3.8, 4) is 0 Å². The van der Waals surface area contributed by atoms with Crippen molar-refractivity contribution in [3.63, 3.8) is 0 Å². The molecule has 0 bridgehead atoms. The number of nitrogens with two attached hydrogens (primary N) is 1. The van der Waals surface area contributed by atoms with Crippen LogP contribution in [-0.2, 0) is 0 Å². The summed E-state index contributed by atoms with van der Waals surface area (Å²) in [7, 11) is 1.72. The van der Waals surface area contributed by atoms with Gasteiger partial charge in [0.1, 0.15) is 12.0 Å². The molecule has 0 saturated carbocycles. The molecule has 1 aliphatic heterocycles. The van der Waals surface area contributed by atoms with E-state index in [2.05, 4.69) is 16.0 Å². The molecule has 1 amide bonds. The Kier molecular flexibility index (Phi) is 5.82. The number of carbonyl (C=O) groups is 1. The van der Waals surface area contributed by atoms with E-state index in [0.29, 0.717) is 41.2 Å². The van der Waals surface area contributed by atoms with E-state index in [0.717, 1.165) is 0 Å². The van der Waals surface area contributed by atoms with Gasteiger partial charge in [-0.1, -0.05) is 11.6 Å². The van der Waals surface area contributed by atoms with Crippen molar-refractivity contribution in [3.05, 3.63) is 52.3 Å². The van der Waals surface area contributed by atoms with Crippen LogP contribution in [0, 0.1) is 5.82 Å². The van der Waals surface area contributed by atoms with Crippen LogP contribution in [0.5, 0.6) is 0 Å². The molecule has 2 aromatic rings. The van der Waals surface area contributed by atoms with Crippen LogP contribution in [0.2, 0.25) is 5.02 Å². The Morgan fingerprint density at radius 2 is 2.11 bits per heavy atom. The van der Waals surface area contributed by atoms with Crippen molar-refractivity contribution < 1.29 is 13.6 Å². The fraction of sp³-hybridized carbons (Fsp3) is 0.316. The third-order valence-electron chi connectivity index (χ3n) is 4.63. The molecular weight excluding hydrogens is 374 g/mol. The van der Waals surface area contributed by atoms with Gasteiger partial charge in [-0.15, -0.1) is 0 Å². The lowest BCUT2D eigenvalue weighted by Gasteiger charge is -2.28. The van der Waals surface area contributed by atoms with Crippen molar-refractivity contribution in [1.82, 2.24) is 5.32 Å². The number of carbonyl (C=O) groups excluding carboxylic acids is 1. The minimum atomic E-state index is -0.932. The second-order valence-electron chi connectivity index (χ2n) is 6.49. The number of rotatable bonds is 4. The smallest absolute Gasteiger partial charge is 0.256 e. The SMILES string of the molecule is CNc1cc(C2CC(F)CCN2)c(C(=O)Nc2ccc(F)c(Cl)c2)cc1N. The second-order valence-corrected chi connectivity index (χ2v) is 6.90. The maximum Gasteiger partial charge on any atom is 0.256 e. The number of nitrogen functional groups attached to an aromatic ring is 1. The number of alkyl halides is 1. The molecule has 2 atom stereocenters. The predicted molar refractivity (Wildman–Crippen MR) is 105 cm³/mol. The predicted octanol–water partition coefficient (Wildman–Crippen LogP) is 4.12. The first-order chi connectivity index (χ1) is 12.9. The van der Waals surface area contributed by atoms with Gasteiger partial charge in [-0.25, -0.2) is 8.78 Å². The van der Waals surface area contributed by atoms with Gasteiger partial charge in [0.25, 0.3) is 5.91 Å². The van der Waals surface area contributed by atoms with Crippen LogP contribution in [0.3, 0.4) is 0 Å². The zero-order valence-corrected chi connectivity index (χ0v) is 15.5. The molecule has 0 radical (unpaired) electrons. The molecule has 2 unspecified atom stereocenters. The lowest BCUT2D eigenvalue weighted by Crippen LogP contribution is -2.34. The highest BCUT2D eigenvalue weighted by atomic mass is 35.5. The van der Waals surface area contributed by atoms with Crippen LogP contribution in [0.4, 0.5) is 25.8 Å². The molecule has 0 aliphatic carbocycles. The van der Waals surface area contributed by atoms with Gasteiger partial charge in [0.15, 0.2) is 0 Å². The van der Waals surface area contributed by atoms with E-state index in [4.69, 9.17) is 17.3 Å². The summed E-state index contributed by atoms with van der Waals surface area (Å²) in [5.74, 6) is -0.997. The molecule has 3 rings (SSSR count). The number of benzene rings is 2. The minimum Gasteiger partial charge on any atom is -0.397 e. The number of amides is 1. The van der Waals surface area contributed by atoms with Crippen LogP contribution in [0.25, 0.3) is 0 Å². The van der Waals surface area contributed by atoms with Crippen LogP contribution < -0.4 is 21.7 Å². The normalized spacial score (nSPS) is 19.6. The van der Waals surface area contributed by atoms with Crippen LogP contribution in [-0.4, -0.2) is 25.7 Å². The fourth-order valence-corrected chi connectivity index (χ4v) is 3.40. The lowest BCUT2D eigenvalue weighted by atomic mass is 9.91. The molecule has 0 aromatic heterocycles. The van der Waals surface area contributed by atoms with Gasteiger partial charge < -0.3 is 21.7 Å². The summed E-state index contributed by atoms with van der Waals surface area (Å²) in [6.07, 6.45) is -0.214. The first-order valence-corrected chi connectivity index (χ1v) is 9.02. The zero-order chi connectivity index (χ0) is 19.6. The summed E-state index contributed by atoms with van der Waals surface area (Å²) < 4.78 is 27.2. The summed E-state index contributed by atoms with van der Waals surface area (Å²) >= 11 is 5.77. The molecule has 0 spiro atoms. The van der Waals surface area contributed by atoms with E-state index in [1.165, 1.54) is 18.2 Å². The first-order valence-electron chi connectivity index (χ1n) is 8.64. The Morgan fingerprint density at radius 3 is 2.78 bits per heavy atom. The van der Waals surface area contributed by atoms with E-state index in [1.807, 2.05) is 0 Å². The van der Waals surface area contributed by atoms with Gasteiger partial charge in [-0.3, -0.25) is 4.79 Å². The highest BCUT2D eigenvalue weighted by Crippen LogP contribution is 2.33. The van der Waals surface area contributed by atoms with Gasteiger partial charge in [-0.05, 0) is 55.3 Å².